The highest BCUT2D eigenvalue weighted by atomic mass is 32.2. The zero-order valence-electron chi connectivity index (χ0n) is 10.4. The molecule has 0 saturated carbocycles. The van der Waals surface area contributed by atoms with Crippen molar-refractivity contribution in [2.45, 2.75) is 19.8 Å². The number of halogens is 1. The van der Waals surface area contributed by atoms with Crippen molar-refractivity contribution in [3.63, 3.8) is 0 Å². The normalized spacial score (nSPS) is 11.5. The van der Waals surface area contributed by atoms with Crippen molar-refractivity contribution in [3.8, 4) is 0 Å². The smallest absolute Gasteiger partial charge is 0.208 e. The van der Waals surface area contributed by atoms with Gasteiger partial charge in [0.2, 0.25) is 10.0 Å². The summed E-state index contributed by atoms with van der Waals surface area (Å²) in [5.41, 5.74) is 0.363. The molecule has 0 saturated heterocycles. The zero-order chi connectivity index (χ0) is 13.6. The fraction of sp³-hybridized carbons (Fsp3) is 0.600. The molecule has 1 heterocycles. The Kier molecular flexibility index (Phi) is 5.42. The van der Waals surface area contributed by atoms with Crippen LogP contribution < -0.4 is 10.0 Å². The van der Waals surface area contributed by atoms with Crippen molar-refractivity contribution in [3.05, 3.63) is 17.8 Å². The fourth-order valence-electron chi connectivity index (χ4n) is 1.33. The Morgan fingerprint density at radius 2 is 2.06 bits per heavy atom. The van der Waals surface area contributed by atoms with Gasteiger partial charge in [-0.05, 0) is 12.8 Å². The number of hydrogen-bond acceptors (Lipinski definition) is 5. The summed E-state index contributed by atoms with van der Waals surface area (Å²) >= 11 is 0. The lowest BCUT2D eigenvalue weighted by Crippen LogP contribution is -2.24. The van der Waals surface area contributed by atoms with Crippen molar-refractivity contribution in [1.29, 1.82) is 0 Å². The number of anilines is 1. The van der Waals surface area contributed by atoms with Gasteiger partial charge in [0.25, 0.3) is 0 Å². The highest BCUT2D eigenvalue weighted by molar-refractivity contribution is 7.88. The lowest BCUT2D eigenvalue weighted by atomic mass is 10.3. The van der Waals surface area contributed by atoms with E-state index < -0.39 is 15.8 Å². The van der Waals surface area contributed by atoms with Crippen molar-refractivity contribution in [1.82, 2.24) is 14.7 Å². The zero-order valence-corrected chi connectivity index (χ0v) is 11.2. The molecule has 0 bridgehead atoms. The number of nitrogens with one attached hydrogen (secondary N) is 2. The molecule has 1 aromatic rings. The first-order valence-electron chi connectivity index (χ1n) is 5.62. The number of sulfonamides is 1. The number of aryl methyl sites for hydroxylation is 1. The number of rotatable bonds is 7. The van der Waals surface area contributed by atoms with Gasteiger partial charge in [-0.2, -0.15) is 0 Å². The molecule has 0 aromatic carbocycles. The number of hydrogen-bond donors (Lipinski definition) is 2. The summed E-state index contributed by atoms with van der Waals surface area (Å²) in [6.45, 7) is 2.55. The molecule has 6 nitrogen and oxygen atoms in total. The van der Waals surface area contributed by atoms with E-state index in [0.29, 0.717) is 31.6 Å². The summed E-state index contributed by atoms with van der Waals surface area (Å²) in [6, 6.07) is 0. The Labute approximate surface area is 106 Å². The van der Waals surface area contributed by atoms with Gasteiger partial charge >= 0.3 is 0 Å². The summed E-state index contributed by atoms with van der Waals surface area (Å²) in [6.07, 6.45) is 3.44. The molecule has 8 heteroatoms. The van der Waals surface area contributed by atoms with E-state index in [9.17, 15) is 12.8 Å². The molecule has 0 spiro atoms. The van der Waals surface area contributed by atoms with Gasteiger partial charge in [-0.15, -0.1) is 0 Å². The van der Waals surface area contributed by atoms with Crippen LogP contribution in [0.1, 0.15) is 19.0 Å². The lowest BCUT2D eigenvalue weighted by molar-refractivity contribution is 0.584. The summed E-state index contributed by atoms with van der Waals surface area (Å²) in [4.78, 5) is 7.61. The van der Waals surface area contributed by atoms with Gasteiger partial charge in [-0.1, -0.05) is 6.92 Å². The molecule has 0 radical (unpaired) electrons. The van der Waals surface area contributed by atoms with E-state index in [1.54, 1.807) is 0 Å². The summed E-state index contributed by atoms with van der Waals surface area (Å²) in [5.74, 6) is -0.294. The van der Waals surface area contributed by atoms with Gasteiger partial charge in [-0.3, -0.25) is 0 Å². The predicted octanol–water partition coefficient (Wildman–Crippen LogP) is 0.529. The average Bonchev–Trinajstić information content (AvgIpc) is 2.29. The van der Waals surface area contributed by atoms with Gasteiger partial charge in [0.15, 0.2) is 11.6 Å². The van der Waals surface area contributed by atoms with Crippen LogP contribution in [0.25, 0.3) is 0 Å². The topological polar surface area (TPSA) is 84.0 Å². The molecule has 0 aliphatic carbocycles. The Morgan fingerprint density at radius 3 is 2.67 bits per heavy atom. The Morgan fingerprint density at radius 1 is 1.33 bits per heavy atom. The maximum Gasteiger partial charge on any atom is 0.208 e. The molecular formula is C10H17FN4O2S. The van der Waals surface area contributed by atoms with Gasteiger partial charge in [-0.25, -0.2) is 27.5 Å². The Bertz CT molecular complexity index is 493. The second kappa shape index (κ2) is 6.60. The number of nitrogens with zero attached hydrogens (tertiary/aromatic N) is 2. The van der Waals surface area contributed by atoms with E-state index in [-0.39, 0.29) is 5.82 Å². The number of aromatic nitrogens is 2. The van der Waals surface area contributed by atoms with Gasteiger partial charge < -0.3 is 5.32 Å². The van der Waals surface area contributed by atoms with Gasteiger partial charge in [0, 0.05) is 13.1 Å². The highest BCUT2D eigenvalue weighted by Crippen LogP contribution is 2.12. The molecule has 1 aromatic heterocycles. The third kappa shape index (κ3) is 4.92. The first-order valence-corrected chi connectivity index (χ1v) is 7.51. The average molecular weight is 276 g/mol. The van der Waals surface area contributed by atoms with Crippen molar-refractivity contribution < 1.29 is 12.8 Å². The Balaban J connectivity index is 2.40. The third-order valence-electron chi connectivity index (χ3n) is 2.21. The third-order valence-corrected chi connectivity index (χ3v) is 2.94. The van der Waals surface area contributed by atoms with E-state index in [1.807, 2.05) is 6.92 Å². The summed E-state index contributed by atoms with van der Waals surface area (Å²) in [7, 11) is -3.17. The van der Waals surface area contributed by atoms with E-state index in [2.05, 4.69) is 20.0 Å². The molecular weight excluding hydrogens is 259 g/mol. The van der Waals surface area contributed by atoms with Crippen LogP contribution >= 0.6 is 0 Å². The monoisotopic (exact) mass is 276 g/mol. The first kappa shape index (κ1) is 14.8. The van der Waals surface area contributed by atoms with Gasteiger partial charge in [0.05, 0.1) is 11.9 Å². The molecule has 18 heavy (non-hydrogen) atoms. The SMILES string of the molecule is CCc1ncnc(NCCCNS(C)(=O)=O)c1F. The highest BCUT2D eigenvalue weighted by Gasteiger charge is 2.08. The van der Waals surface area contributed by atoms with Crippen LogP contribution in [-0.4, -0.2) is 37.7 Å². The van der Waals surface area contributed by atoms with E-state index in [0.717, 1.165) is 6.26 Å². The van der Waals surface area contributed by atoms with E-state index in [1.165, 1.54) is 6.33 Å². The second-order valence-electron chi connectivity index (χ2n) is 3.78. The summed E-state index contributed by atoms with van der Waals surface area (Å²) in [5, 5.41) is 2.81. The maximum atomic E-state index is 13.7. The van der Waals surface area contributed by atoms with E-state index in [4.69, 9.17) is 0 Å². The molecule has 0 aliphatic rings. The van der Waals surface area contributed by atoms with Crippen molar-refractivity contribution in [2.24, 2.45) is 0 Å². The quantitative estimate of drug-likeness (QED) is 0.710. The second-order valence-corrected chi connectivity index (χ2v) is 5.62. The standard InChI is InChI=1S/C10H17FN4O2S/c1-3-8-9(11)10(14-7-13-8)12-5-4-6-15-18(2,16)17/h7,15H,3-6H2,1-2H3,(H,12,13,14). The van der Waals surface area contributed by atoms with Crippen molar-refractivity contribution in [2.75, 3.05) is 24.7 Å². The minimum absolute atomic E-state index is 0.154. The van der Waals surface area contributed by atoms with Crippen LogP contribution in [0.5, 0.6) is 0 Å². The minimum atomic E-state index is -3.17. The van der Waals surface area contributed by atoms with Gasteiger partial charge in [0.1, 0.15) is 6.33 Å². The fourth-order valence-corrected chi connectivity index (χ4v) is 1.84. The predicted molar refractivity (Wildman–Crippen MR) is 67.3 cm³/mol. The van der Waals surface area contributed by atoms with E-state index >= 15 is 0 Å². The van der Waals surface area contributed by atoms with Crippen molar-refractivity contribution >= 4 is 15.8 Å². The molecule has 0 fully saturated rings. The van der Waals surface area contributed by atoms with Crippen LogP contribution in [0.15, 0.2) is 6.33 Å². The van der Waals surface area contributed by atoms with Crippen LogP contribution in [-0.2, 0) is 16.4 Å². The maximum absolute atomic E-state index is 13.7. The molecule has 102 valence electrons. The summed E-state index contributed by atoms with van der Waals surface area (Å²) < 4.78 is 37.6. The van der Waals surface area contributed by atoms with Crippen LogP contribution in [0.3, 0.4) is 0 Å². The molecule has 0 unspecified atom stereocenters. The molecule has 0 amide bonds. The molecule has 1 rings (SSSR count). The Hall–Kier alpha value is -1.28. The largest absolute Gasteiger partial charge is 0.367 e. The minimum Gasteiger partial charge on any atom is -0.367 e. The first-order chi connectivity index (χ1) is 8.44. The van der Waals surface area contributed by atoms with Crippen LogP contribution in [0, 0.1) is 5.82 Å². The molecule has 0 atom stereocenters. The van der Waals surface area contributed by atoms with Crippen LogP contribution in [0.4, 0.5) is 10.2 Å². The molecule has 2 N–H and O–H groups in total. The lowest BCUT2D eigenvalue weighted by Gasteiger charge is -2.08. The molecule has 0 aliphatic heterocycles. The van der Waals surface area contributed by atoms with Crippen LogP contribution in [0.2, 0.25) is 0 Å².